The van der Waals surface area contributed by atoms with Crippen LogP contribution in [-0.4, -0.2) is 20.7 Å². The summed E-state index contributed by atoms with van der Waals surface area (Å²) in [7, 11) is 0. The van der Waals surface area contributed by atoms with Crippen LogP contribution in [0.25, 0.3) is 0 Å². The van der Waals surface area contributed by atoms with Crippen LogP contribution in [0.4, 0.5) is 5.69 Å². The number of nitrogens with two attached hydrogens (primary N) is 1. The van der Waals surface area contributed by atoms with E-state index in [2.05, 4.69) is 15.4 Å². The first-order valence-corrected chi connectivity index (χ1v) is 6.00. The summed E-state index contributed by atoms with van der Waals surface area (Å²) in [5, 5.41) is 9.56. The largest absolute Gasteiger partial charge is 0.396 e. The van der Waals surface area contributed by atoms with E-state index in [9.17, 15) is 4.79 Å². The topological polar surface area (TPSA) is 85.8 Å². The molecule has 0 aromatic carbocycles. The maximum atomic E-state index is 11.7. The number of nitrogen functional groups attached to an aromatic ring is 1. The van der Waals surface area contributed by atoms with Crippen molar-refractivity contribution in [1.29, 1.82) is 0 Å². The minimum Gasteiger partial charge on any atom is -0.396 e. The van der Waals surface area contributed by atoms with Crippen molar-refractivity contribution < 1.29 is 4.79 Å². The lowest BCUT2D eigenvalue weighted by molar-refractivity contribution is -0.122. The molecule has 2 rings (SSSR count). The Hall–Kier alpha value is -1.89. The molecule has 6 nitrogen and oxygen atoms in total. The number of nitrogens with zero attached hydrogens (tertiary/aromatic N) is 3. The standard InChI is InChI=1S/C10H13N5OS/c1-7(10-12-2-3-17-10)14-9(16)6-15-5-8(11)4-13-15/h2-5,7H,6,11H2,1H3,(H,14,16). The van der Waals surface area contributed by atoms with Gasteiger partial charge in [-0.15, -0.1) is 11.3 Å². The Morgan fingerprint density at radius 2 is 2.53 bits per heavy atom. The van der Waals surface area contributed by atoms with Gasteiger partial charge in [-0.2, -0.15) is 5.10 Å². The average molecular weight is 251 g/mol. The summed E-state index contributed by atoms with van der Waals surface area (Å²) < 4.78 is 1.50. The lowest BCUT2D eigenvalue weighted by Gasteiger charge is -2.10. The number of nitrogens with one attached hydrogen (secondary N) is 1. The molecule has 17 heavy (non-hydrogen) atoms. The highest BCUT2D eigenvalue weighted by molar-refractivity contribution is 7.09. The smallest absolute Gasteiger partial charge is 0.242 e. The highest BCUT2D eigenvalue weighted by Gasteiger charge is 2.12. The van der Waals surface area contributed by atoms with Crippen molar-refractivity contribution in [3.63, 3.8) is 0 Å². The van der Waals surface area contributed by atoms with Crippen LogP contribution in [0.2, 0.25) is 0 Å². The third-order valence-corrected chi connectivity index (χ3v) is 3.12. The second kappa shape index (κ2) is 4.96. The Bertz CT molecular complexity index is 493. The molecule has 0 spiro atoms. The van der Waals surface area contributed by atoms with Gasteiger partial charge in [-0.25, -0.2) is 4.98 Å². The molecular weight excluding hydrogens is 238 g/mol. The molecule has 0 saturated carbocycles. The number of hydrogen-bond donors (Lipinski definition) is 2. The van der Waals surface area contributed by atoms with E-state index in [0.29, 0.717) is 5.69 Å². The van der Waals surface area contributed by atoms with Gasteiger partial charge in [0, 0.05) is 17.8 Å². The van der Waals surface area contributed by atoms with Gasteiger partial charge in [-0.1, -0.05) is 0 Å². The van der Waals surface area contributed by atoms with E-state index < -0.39 is 0 Å². The van der Waals surface area contributed by atoms with Gasteiger partial charge < -0.3 is 11.1 Å². The van der Waals surface area contributed by atoms with Crippen LogP contribution in [0.3, 0.4) is 0 Å². The summed E-state index contributed by atoms with van der Waals surface area (Å²) in [5.41, 5.74) is 6.06. The summed E-state index contributed by atoms with van der Waals surface area (Å²) in [6.45, 7) is 2.06. The highest BCUT2D eigenvalue weighted by atomic mass is 32.1. The molecule has 0 radical (unpaired) electrons. The Labute approximate surface area is 102 Å². The Morgan fingerprint density at radius 1 is 1.71 bits per heavy atom. The number of carbonyl (C=O) groups excluding carboxylic acids is 1. The van der Waals surface area contributed by atoms with Crippen molar-refractivity contribution in [3.05, 3.63) is 29.0 Å². The molecule has 0 fully saturated rings. The molecule has 1 atom stereocenters. The van der Waals surface area contributed by atoms with Gasteiger partial charge in [-0.3, -0.25) is 9.48 Å². The lowest BCUT2D eigenvalue weighted by atomic mass is 10.3. The molecule has 0 aliphatic heterocycles. The molecule has 90 valence electrons. The number of amides is 1. The van der Waals surface area contributed by atoms with E-state index in [-0.39, 0.29) is 18.5 Å². The zero-order chi connectivity index (χ0) is 12.3. The molecule has 7 heteroatoms. The molecule has 0 aliphatic rings. The average Bonchev–Trinajstić information content (AvgIpc) is 2.89. The van der Waals surface area contributed by atoms with Crippen molar-refractivity contribution in [3.8, 4) is 0 Å². The van der Waals surface area contributed by atoms with Crippen molar-refractivity contribution in [2.24, 2.45) is 0 Å². The summed E-state index contributed by atoms with van der Waals surface area (Å²) in [6.07, 6.45) is 4.85. The number of aromatic nitrogens is 3. The van der Waals surface area contributed by atoms with E-state index in [0.717, 1.165) is 5.01 Å². The van der Waals surface area contributed by atoms with E-state index in [1.54, 1.807) is 12.4 Å². The van der Waals surface area contributed by atoms with Gasteiger partial charge in [0.15, 0.2) is 0 Å². The molecule has 2 heterocycles. The van der Waals surface area contributed by atoms with Gasteiger partial charge in [0.25, 0.3) is 0 Å². The SMILES string of the molecule is CC(NC(=O)Cn1cc(N)cn1)c1nccs1. The van der Waals surface area contributed by atoms with Crippen LogP contribution in [0.1, 0.15) is 18.0 Å². The van der Waals surface area contributed by atoms with Gasteiger partial charge in [-0.05, 0) is 6.92 Å². The van der Waals surface area contributed by atoms with E-state index in [4.69, 9.17) is 5.73 Å². The fourth-order valence-electron chi connectivity index (χ4n) is 1.41. The predicted molar refractivity (Wildman–Crippen MR) is 65.3 cm³/mol. The fourth-order valence-corrected chi connectivity index (χ4v) is 2.06. The van der Waals surface area contributed by atoms with Gasteiger partial charge in [0.2, 0.25) is 5.91 Å². The number of rotatable bonds is 4. The summed E-state index contributed by atoms with van der Waals surface area (Å²) in [6, 6.07) is -0.0876. The fraction of sp³-hybridized carbons (Fsp3) is 0.300. The monoisotopic (exact) mass is 251 g/mol. The Kier molecular flexibility index (Phi) is 3.38. The molecule has 2 aromatic rings. The minimum absolute atomic E-state index is 0.0876. The number of thiazole rings is 1. The van der Waals surface area contributed by atoms with E-state index >= 15 is 0 Å². The first-order valence-electron chi connectivity index (χ1n) is 5.12. The van der Waals surface area contributed by atoms with Crippen molar-refractivity contribution >= 4 is 22.9 Å². The molecule has 0 aliphatic carbocycles. The Balaban J connectivity index is 1.89. The van der Waals surface area contributed by atoms with Crippen molar-refractivity contribution in [1.82, 2.24) is 20.1 Å². The van der Waals surface area contributed by atoms with Crippen LogP contribution in [0.15, 0.2) is 24.0 Å². The highest BCUT2D eigenvalue weighted by Crippen LogP contribution is 2.14. The van der Waals surface area contributed by atoms with Crippen LogP contribution in [0.5, 0.6) is 0 Å². The van der Waals surface area contributed by atoms with Crippen molar-refractivity contribution in [2.75, 3.05) is 5.73 Å². The lowest BCUT2D eigenvalue weighted by Crippen LogP contribution is -2.30. The second-order valence-corrected chi connectivity index (χ2v) is 4.56. The Morgan fingerprint density at radius 3 is 3.12 bits per heavy atom. The zero-order valence-corrected chi connectivity index (χ0v) is 10.1. The van der Waals surface area contributed by atoms with Crippen LogP contribution in [0, 0.1) is 0 Å². The number of anilines is 1. The van der Waals surface area contributed by atoms with Gasteiger partial charge in [0.05, 0.1) is 17.9 Å². The van der Waals surface area contributed by atoms with Gasteiger partial charge >= 0.3 is 0 Å². The minimum atomic E-state index is -0.115. The van der Waals surface area contributed by atoms with E-state index in [1.807, 2.05) is 12.3 Å². The van der Waals surface area contributed by atoms with Gasteiger partial charge in [0.1, 0.15) is 11.6 Å². The maximum Gasteiger partial charge on any atom is 0.242 e. The van der Waals surface area contributed by atoms with Crippen LogP contribution < -0.4 is 11.1 Å². The molecule has 2 aromatic heterocycles. The molecule has 1 unspecified atom stereocenters. The van der Waals surface area contributed by atoms with Crippen molar-refractivity contribution in [2.45, 2.75) is 19.5 Å². The summed E-state index contributed by atoms with van der Waals surface area (Å²) in [4.78, 5) is 15.8. The van der Waals surface area contributed by atoms with Crippen LogP contribution in [-0.2, 0) is 11.3 Å². The first-order chi connectivity index (χ1) is 8.15. The second-order valence-electron chi connectivity index (χ2n) is 3.63. The van der Waals surface area contributed by atoms with E-state index in [1.165, 1.54) is 22.2 Å². The third-order valence-electron chi connectivity index (χ3n) is 2.16. The first kappa shape index (κ1) is 11.6. The molecular formula is C10H13N5OS. The molecule has 0 saturated heterocycles. The number of carbonyl (C=O) groups is 1. The molecule has 0 bridgehead atoms. The zero-order valence-electron chi connectivity index (χ0n) is 9.33. The molecule has 1 amide bonds. The maximum absolute atomic E-state index is 11.7. The quantitative estimate of drug-likeness (QED) is 0.841. The predicted octanol–water partition coefficient (Wildman–Crippen LogP) is 0.799. The molecule has 3 N–H and O–H groups in total. The van der Waals surface area contributed by atoms with Crippen LogP contribution >= 0.6 is 11.3 Å². The summed E-state index contributed by atoms with van der Waals surface area (Å²) in [5.74, 6) is -0.115. The third kappa shape index (κ3) is 3.04. The normalized spacial score (nSPS) is 12.3. The number of hydrogen-bond acceptors (Lipinski definition) is 5. The summed E-state index contributed by atoms with van der Waals surface area (Å²) >= 11 is 1.52.